The second-order valence-electron chi connectivity index (χ2n) is 7.54. The minimum Gasteiger partial charge on any atom is -0.366 e. The number of fused-ring (bicyclic) bond motifs is 1. The largest absolute Gasteiger partial charge is 0.366 e. The van der Waals surface area contributed by atoms with Crippen molar-refractivity contribution in [1.29, 1.82) is 0 Å². The number of benzene rings is 1. The molecule has 0 saturated carbocycles. The fraction of sp³-hybridized carbons (Fsp3) is 0.368. The van der Waals surface area contributed by atoms with Gasteiger partial charge in [0.05, 0.1) is 23.6 Å². The standard InChI is InChI=1S/C19H22ClFN4O4S/c20-17-15(11-2-1-3-12(21)8-11)16(18(22)26)14-9-24(5-6-25(14)17)19(27)23-13-4-7-30(28,29)10-13/h1-3,8,13,28-29H,4-7,9-10H2,(H2,22,26)(H,23,27). The van der Waals surface area contributed by atoms with Gasteiger partial charge in [-0.05, 0) is 24.1 Å². The minimum atomic E-state index is -2.62. The quantitative estimate of drug-likeness (QED) is 0.567. The number of nitrogens with zero attached hydrogens (tertiary/aromatic N) is 2. The molecule has 2 aliphatic heterocycles. The van der Waals surface area contributed by atoms with Crippen LogP contribution in [0.1, 0.15) is 22.5 Å². The molecule has 1 aromatic carbocycles. The summed E-state index contributed by atoms with van der Waals surface area (Å²) >= 11 is 6.54. The van der Waals surface area contributed by atoms with Crippen LogP contribution < -0.4 is 11.1 Å². The molecule has 5 N–H and O–H groups in total. The van der Waals surface area contributed by atoms with Crippen molar-refractivity contribution >= 4 is 34.1 Å². The Morgan fingerprint density at radius 2 is 2.07 bits per heavy atom. The van der Waals surface area contributed by atoms with Gasteiger partial charge in [0.1, 0.15) is 11.0 Å². The average Bonchev–Trinajstić information content (AvgIpc) is 3.17. The maximum absolute atomic E-state index is 13.8. The van der Waals surface area contributed by atoms with E-state index >= 15 is 0 Å². The van der Waals surface area contributed by atoms with Gasteiger partial charge in [0.25, 0.3) is 5.91 Å². The number of primary amides is 1. The maximum Gasteiger partial charge on any atom is 0.318 e. The summed E-state index contributed by atoms with van der Waals surface area (Å²) in [4.78, 5) is 26.5. The molecule has 3 heterocycles. The van der Waals surface area contributed by atoms with Crippen LogP contribution in [-0.4, -0.2) is 54.6 Å². The zero-order valence-electron chi connectivity index (χ0n) is 16.0. The molecular weight excluding hydrogens is 435 g/mol. The molecule has 3 amide bonds. The molecule has 4 rings (SSSR count). The van der Waals surface area contributed by atoms with Gasteiger partial charge in [0.15, 0.2) is 0 Å². The summed E-state index contributed by atoms with van der Waals surface area (Å²) < 4.78 is 35.0. The number of nitrogens with one attached hydrogen (secondary N) is 1. The lowest BCUT2D eigenvalue weighted by Gasteiger charge is -2.31. The van der Waals surface area contributed by atoms with Crippen molar-refractivity contribution in [3.63, 3.8) is 0 Å². The van der Waals surface area contributed by atoms with Crippen molar-refractivity contribution < 1.29 is 23.1 Å². The highest BCUT2D eigenvalue weighted by Crippen LogP contribution is 2.45. The first-order valence-corrected chi connectivity index (χ1v) is 11.7. The molecule has 2 aliphatic rings. The normalized spacial score (nSPS) is 21.2. The van der Waals surface area contributed by atoms with E-state index in [1.54, 1.807) is 10.6 Å². The topological polar surface area (TPSA) is 121 Å². The van der Waals surface area contributed by atoms with E-state index in [4.69, 9.17) is 17.3 Å². The lowest BCUT2D eigenvalue weighted by atomic mass is 10.0. The zero-order chi connectivity index (χ0) is 21.6. The molecule has 1 atom stereocenters. The summed E-state index contributed by atoms with van der Waals surface area (Å²) in [7, 11) is -2.62. The molecule has 2 aromatic rings. The molecule has 162 valence electrons. The van der Waals surface area contributed by atoms with Crippen LogP contribution in [0.15, 0.2) is 24.3 Å². The number of carbonyl (C=O) groups excluding carboxylic acids is 2. The molecule has 0 radical (unpaired) electrons. The van der Waals surface area contributed by atoms with Crippen molar-refractivity contribution in [3.05, 3.63) is 46.5 Å². The first kappa shape index (κ1) is 21.0. The lowest BCUT2D eigenvalue weighted by molar-refractivity contribution is 0.0997. The second-order valence-corrected chi connectivity index (χ2v) is 10.2. The zero-order valence-corrected chi connectivity index (χ0v) is 17.5. The summed E-state index contributed by atoms with van der Waals surface area (Å²) in [5.74, 6) is -0.756. The molecule has 0 bridgehead atoms. The Bertz CT molecular complexity index is 1030. The number of nitrogens with two attached hydrogens (primary N) is 1. The Hall–Kier alpha value is -2.27. The second kappa shape index (κ2) is 7.77. The van der Waals surface area contributed by atoms with Gasteiger partial charge >= 0.3 is 6.03 Å². The highest BCUT2D eigenvalue weighted by molar-refractivity contribution is 8.24. The summed E-state index contributed by atoms with van der Waals surface area (Å²) in [6.07, 6.45) is 0.500. The van der Waals surface area contributed by atoms with E-state index in [1.807, 2.05) is 0 Å². The third-order valence-corrected chi connectivity index (χ3v) is 7.70. The van der Waals surface area contributed by atoms with E-state index in [2.05, 4.69) is 5.32 Å². The summed E-state index contributed by atoms with van der Waals surface area (Å²) in [6, 6.07) is 5.07. The Labute approximate surface area is 179 Å². The van der Waals surface area contributed by atoms with Gasteiger partial charge in [-0.25, -0.2) is 9.18 Å². The van der Waals surface area contributed by atoms with E-state index in [1.165, 1.54) is 23.1 Å². The van der Waals surface area contributed by atoms with Gasteiger partial charge in [0, 0.05) is 30.4 Å². The average molecular weight is 457 g/mol. The fourth-order valence-corrected chi connectivity index (χ4v) is 6.17. The van der Waals surface area contributed by atoms with Gasteiger partial charge in [0.2, 0.25) is 0 Å². The van der Waals surface area contributed by atoms with Crippen LogP contribution in [0.2, 0.25) is 5.15 Å². The minimum absolute atomic E-state index is 0.0993. The molecule has 30 heavy (non-hydrogen) atoms. The SMILES string of the molecule is NC(=O)c1c(-c2cccc(F)c2)c(Cl)n2c1CN(C(=O)NC1CCS(O)(O)C1)CC2. The number of urea groups is 1. The predicted octanol–water partition coefficient (Wildman–Crippen LogP) is 3.09. The number of amides is 3. The number of hydrogen-bond donors (Lipinski definition) is 4. The van der Waals surface area contributed by atoms with E-state index in [0.717, 1.165) is 0 Å². The van der Waals surface area contributed by atoms with Gasteiger partial charge in [-0.1, -0.05) is 23.7 Å². The third kappa shape index (κ3) is 3.87. The Morgan fingerprint density at radius 1 is 1.30 bits per heavy atom. The van der Waals surface area contributed by atoms with Crippen molar-refractivity contribution in [2.75, 3.05) is 18.1 Å². The van der Waals surface area contributed by atoms with Gasteiger partial charge in [-0.3, -0.25) is 13.9 Å². The number of aromatic nitrogens is 1. The van der Waals surface area contributed by atoms with Crippen molar-refractivity contribution in [1.82, 2.24) is 14.8 Å². The van der Waals surface area contributed by atoms with Crippen LogP contribution in [0.3, 0.4) is 0 Å². The van der Waals surface area contributed by atoms with Crippen LogP contribution in [0.25, 0.3) is 11.1 Å². The highest BCUT2D eigenvalue weighted by Gasteiger charge is 2.34. The van der Waals surface area contributed by atoms with Gasteiger partial charge < -0.3 is 20.5 Å². The van der Waals surface area contributed by atoms with E-state index < -0.39 is 22.3 Å². The van der Waals surface area contributed by atoms with E-state index in [9.17, 15) is 23.1 Å². The molecule has 0 aliphatic carbocycles. The first-order chi connectivity index (χ1) is 14.2. The van der Waals surface area contributed by atoms with Crippen LogP contribution in [0, 0.1) is 5.82 Å². The van der Waals surface area contributed by atoms with E-state index in [0.29, 0.717) is 36.3 Å². The molecule has 1 aromatic heterocycles. The molecular formula is C19H22ClFN4O4S. The third-order valence-electron chi connectivity index (χ3n) is 5.48. The van der Waals surface area contributed by atoms with Crippen LogP contribution in [0.5, 0.6) is 0 Å². The number of rotatable bonds is 3. The number of carbonyl (C=O) groups is 2. The molecule has 8 nitrogen and oxygen atoms in total. The maximum atomic E-state index is 13.8. The van der Waals surface area contributed by atoms with Crippen molar-refractivity contribution in [3.8, 4) is 11.1 Å². The van der Waals surface area contributed by atoms with Crippen LogP contribution in [-0.2, 0) is 13.1 Å². The predicted molar refractivity (Wildman–Crippen MR) is 113 cm³/mol. The molecule has 1 fully saturated rings. The Balaban J connectivity index is 1.62. The summed E-state index contributed by atoms with van der Waals surface area (Å²) in [5, 5.41) is 3.10. The monoisotopic (exact) mass is 456 g/mol. The summed E-state index contributed by atoms with van der Waals surface area (Å²) in [5.41, 5.74) is 7.07. The van der Waals surface area contributed by atoms with Crippen LogP contribution >= 0.6 is 22.2 Å². The van der Waals surface area contributed by atoms with Gasteiger partial charge in [-0.15, -0.1) is 0 Å². The smallest absolute Gasteiger partial charge is 0.318 e. The van der Waals surface area contributed by atoms with Crippen molar-refractivity contribution in [2.45, 2.75) is 25.6 Å². The van der Waals surface area contributed by atoms with E-state index in [-0.39, 0.29) is 40.8 Å². The summed E-state index contributed by atoms with van der Waals surface area (Å²) in [6.45, 7) is 0.788. The molecule has 11 heteroatoms. The Morgan fingerprint density at radius 3 is 2.70 bits per heavy atom. The molecule has 1 saturated heterocycles. The highest BCUT2D eigenvalue weighted by atomic mass is 35.5. The Kier molecular flexibility index (Phi) is 5.43. The van der Waals surface area contributed by atoms with Crippen molar-refractivity contribution in [2.24, 2.45) is 5.73 Å². The van der Waals surface area contributed by atoms with Gasteiger partial charge in [-0.2, -0.15) is 10.6 Å². The molecule has 0 spiro atoms. The first-order valence-electron chi connectivity index (χ1n) is 9.42. The number of halogens is 2. The number of hydrogen-bond acceptors (Lipinski definition) is 4. The fourth-order valence-electron chi connectivity index (χ4n) is 4.06. The molecule has 1 unspecified atom stereocenters. The van der Waals surface area contributed by atoms with Crippen LogP contribution in [0.4, 0.5) is 9.18 Å². The lowest BCUT2D eigenvalue weighted by Crippen LogP contribution is -2.48.